The third-order valence-corrected chi connectivity index (χ3v) is 5.47. The van der Waals surface area contributed by atoms with Crippen LogP contribution in [0.3, 0.4) is 0 Å². The van der Waals surface area contributed by atoms with Gasteiger partial charge in [0, 0.05) is 16.1 Å². The smallest absolute Gasteiger partial charge is 0.338 e. The molecular weight excluding hydrogens is 418 g/mol. The Labute approximate surface area is 185 Å². The van der Waals surface area contributed by atoms with Crippen molar-refractivity contribution in [3.63, 3.8) is 0 Å². The molecule has 2 aromatic heterocycles. The Kier molecular flexibility index (Phi) is 6.70. The maximum atomic E-state index is 12.0. The molecule has 0 atom stereocenters. The third-order valence-electron chi connectivity index (χ3n) is 4.45. The van der Waals surface area contributed by atoms with Gasteiger partial charge < -0.3 is 10.1 Å². The van der Waals surface area contributed by atoms with Gasteiger partial charge in [-0.1, -0.05) is 30.3 Å². The van der Waals surface area contributed by atoms with E-state index in [1.807, 2.05) is 44.2 Å². The van der Waals surface area contributed by atoms with Gasteiger partial charge >= 0.3 is 5.97 Å². The molecule has 0 bridgehead atoms. The van der Waals surface area contributed by atoms with Gasteiger partial charge in [0.2, 0.25) is 0 Å². The summed E-state index contributed by atoms with van der Waals surface area (Å²) in [6.07, 6.45) is 1.43. The lowest BCUT2D eigenvalue weighted by molar-refractivity contribution is 0.0378. The van der Waals surface area contributed by atoms with Gasteiger partial charge in [-0.15, -0.1) is 23.7 Å². The van der Waals surface area contributed by atoms with Crippen molar-refractivity contribution in [2.45, 2.75) is 26.9 Å². The number of nitrogens with zero attached hydrogens (tertiary/aromatic N) is 2. The second kappa shape index (κ2) is 9.24. The Hall–Kier alpha value is -2.96. The van der Waals surface area contributed by atoms with Crippen LogP contribution in [0, 0.1) is 6.92 Å². The Morgan fingerprint density at radius 3 is 2.40 bits per heavy atom. The molecule has 1 N–H and O–H groups in total. The molecule has 0 amide bonds. The zero-order valence-electron chi connectivity index (χ0n) is 16.9. The van der Waals surface area contributed by atoms with Crippen molar-refractivity contribution in [2.24, 2.45) is 0 Å². The first-order chi connectivity index (χ1) is 14.0. The molecule has 154 valence electrons. The third kappa shape index (κ3) is 4.45. The summed E-state index contributed by atoms with van der Waals surface area (Å²) in [5, 5.41) is 4.38. The number of carbonyl (C=O) groups excluding carboxylic acids is 1. The van der Waals surface area contributed by atoms with Gasteiger partial charge in [0.1, 0.15) is 17.0 Å². The van der Waals surface area contributed by atoms with Crippen molar-refractivity contribution in [3.8, 4) is 11.1 Å². The van der Waals surface area contributed by atoms with Crippen LogP contribution < -0.4 is 5.32 Å². The van der Waals surface area contributed by atoms with Crippen LogP contribution in [0.25, 0.3) is 21.3 Å². The highest BCUT2D eigenvalue weighted by Gasteiger charge is 2.17. The molecule has 0 saturated carbocycles. The second-order valence-corrected chi connectivity index (χ2v) is 8.16. The highest BCUT2D eigenvalue weighted by molar-refractivity contribution is 7.19. The largest absolute Gasteiger partial charge is 0.459 e. The van der Waals surface area contributed by atoms with Gasteiger partial charge in [0.05, 0.1) is 17.1 Å². The lowest BCUT2D eigenvalue weighted by Crippen LogP contribution is -2.11. The number of thiophene rings is 1. The van der Waals surface area contributed by atoms with E-state index in [1.165, 1.54) is 4.88 Å². The average molecular weight is 440 g/mol. The van der Waals surface area contributed by atoms with Crippen molar-refractivity contribution in [1.29, 1.82) is 0 Å². The fourth-order valence-electron chi connectivity index (χ4n) is 3.20. The van der Waals surface area contributed by atoms with Crippen molar-refractivity contribution < 1.29 is 9.53 Å². The highest BCUT2D eigenvalue weighted by atomic mass is 35.5. The molecule has 2 aromatic carbocycles. The first kappa shape index (κ1) is 21.7. The number of fused-ring (bicyclic) bond motifs is 1. The predicted molar refractivity (Wildman–Crippen MR) is 125 cm³/mol. The second-order valence-electron chi connectivity index (χ2n) is 6.96. The number of benzene rings is 2. The van der Waals surface area contributed by atoms with Crippen LogP contribution >= 0.6 is 23.7 Å². The number of aromatic nitrogens is 2. The van der Waals surface area contributed by atoms with E-state index < -0.39 is 0 Å². The summed E-state index contributed by atoms with van der Waals surface area (Å²) in [5.74, 6) is 0.423. The maximum absolute atomic E-state index is 12.0. The van der Waals surface area contributed by atoms with Gasteiger partial charge in [-0.2, -0.15) is 0 Å². The topological polar surface area (TPSA) is 64.1 Å². The minimum atomic E-state index is -0.323. The minimum absolute atomic E-state index is 0. The molecule has 0 fully saturated rings. The Morgan fingerprint density at radius 2 is 1.73 bits per heavy atom. The van der Waals surface area contributed by atoms with Gasteiger partial charge in [0.25, 0.3) is 0 Å². The molecule has 0 aliphatic heterocycles. The van der Waals surface area contributed by atoms with Crippen LogP contribution in [-0.4, -0.2) is 22.0 Å². The minimum Gasteiger partial charge on any atom is -0.459 e. The van der Waals surface area contributed by atoms with E-state index in [4.69, 9.17) is 4.74 Å². The summed E-state index contributed by atoms with van der Waals surface area (Å²) < 4.78 is 5.24. The molecule has 0 aliphatic carbocycles. The van der Waals surface area contributed by atoms with Crippen molar-refractivity contribution in [2.75, 3.05) is 5.32 Å². The predicted octanol–water partition coefficient (Wildman–Crippen LogP) is 6.40. The Bertz CT molecular complexity index is 1160. The summed E-state index contributed by atoms with van der Waals surface area (Å²) in [7, 11) is 0. The van der Waals surface area contributed by atoms with Gasteiger partial charge in [-0.25, -0.2) is 14.8 Å². The van der Waals surface area contributed by atoms with Crippen LogP contribution in [0.4, 0.5) is 11.5 Å². The molecule has 0 spiro atoms. The van der Waals surface area contributed by atoms with Gasteiger partial charge in [0.15, 0.2) is 0 Å². The van der Waals surface area contributed by atoms with E-state index in [2.05, 4.69) is 34.3 Å². The number of ether oxygens (including phenoxy) is 1. The first-order valence-corrected chi connectivity index (χ1v) is 10.2. The van der Waals surface area contributed by atoms with Crippen LogP contribution in [0.2, 0.25) is 0 Å². The summed E-state index contributed by atoms with van der Waals surface area (Å²) >= 11 is 1.66. The summed E-state index contributed by atoms with van der Waals surface area (Å²) in [5.41, 5.74) is 3.65. The molecule has 30 heavy (non-hydrogen) atoms. The molecule has 4 rings (SSSR count). The normalized spacial score (nSPS) is 10.7. The number of aryl methyl sites for hydroxylation is 1. The highest BCUT2D eigenvalue weighted by Crippen LogP contribution is 2.40. The summed E-state index contributed by atoms with van der Waals surface area (Å²) in [4.78, 5) is 23.1. The summed E-state index contributed by atoms with van der Waals surface area (Å²) in [6.45, 7) is 5.77. The molecule has 7 heteroatoms. The molecule has 0 radical (unpaired) electrons. The van der Waals surface area contributed by atoms with Crippen molar-refractivity contribution in [1.82, 2.24) is 9.97 Å². The number of hydrogen-bond donors (Lipinski definition) is 1. The zero-order chi connectivity index (χ0) is 20.4. The van der Waals surface area contributed by atoms with E-state index in [0.717, 1.165) is 32.8 Å². The number of esters is 1. The number of halogens is 1. The van der Waals surface area contributed by atoms with Crippen molar-refractivity contribution in [3.05, 3.63) is 71.4 Å². The SMILES string of the molecule is Cc1sc2ncnc(Nc3ccc(C(=O)OC(C)C)cc3)c2c1-c1ccccc1.Cl. The fraction of sp³-hybridized carbons (Fsp3) is 0.174. The van der Waals surface area contributed by atoms with E-state index in [1.54, 1.807) is 29.8 Å². The summed E-state index contributed by atoms with van der Waals surface area (Å²) in [6, 6.07) is 17.5. The molecular formula is C23H22ClN3O2S. The Morgan fingerprint density at radius 1 is 1.03 bits per heavy atom. The van der Waals surface area contributed by atoms with E-state index in [-0.39, 0.29) is 24.5 Å². The number of carbonyl (C=O) groups is 1. The van der Waals surface area contributed by atoms with Gasteiger partial charge in [-0.3, -0.25) is 0 Å². The molecule has 4 aromatic rings. The number of nitrogens with one attached hydrogen (secondary N) is 1. The standard InChI is InChI=1S/C23H21N3O2S.ClH/c1-14(2)28-23(27)17-9-11-18(12-10-17)26-21-20-19(16-7-5-4-6-8-16)15(3)29-22(20)25-13-24-21;/h4-14H,1-3H3,(H,24,25,26);1H. The lowest BCUT2D eigenvalue weighted by atomic mass is 10.0. The van der Waals surface area contributed by atoms with Crippen molar-refractivity contribution >= 4 is 51.4 Å². The quantitative estimate of drug-likeness (QED) is 0.364. The number of anilines is 2. The van der Waals surface area contributed by atoms with Crippen LogP contribution in [0.1, 0.15) is 29.1 Å². The molecule has 2 heterocycles. The Balaban J connectivity index is 0.00000256. The fourth-order valence-corrected chi connectivity index (χ4v) is 4.21. The van der Waals surface area contributed by atoms with E-state index in [9.17, 15) is 4.79 Å². The van der Waals surface area contributed by atoms with Crippen LogP contribution in [-0.2, 0) is 4.74 Å². The van der Waals surface area contributed by atoms with Crippen LogP contribution in [0.15, 0.2) is 60.9 Å². The maximum Gasteiger partial charge on any atom is 0.338 e. The first-order valence-electron chi connectivity index (χ1n) is 9.40. The average Bonchev–Trinajstić information content (AvgIpc) is 3.05. The molecule has 5 nitrogen and oxygen atoms in total. The van der Waals surface area contributed by atoms with E-state index >= 15 is 0 Å². The molecule has 0 aliphatic rings. The zero-order valence-corrected chi connectivity index (χ0v) is 18.5. The number of hydrogen-bond acceptors (Lipinski definition) is 6. The monoisotopic (exact) mass is 439 g/mol. The van der Waals surface area contributed by atoms with Crippen LogP contribution in [0.5, 0.6) is 0 Å². The molecule has 0 unspecified atom stereocenters. The van der Waals surface area contributed by atoms with E-state index in [0.29, 0.717) is 5.56 Å². The van der Waals surface area contributed by atoms with Gasteiger partial charge in [-0.05, 0) is 50.6 Å². The lowest BCUT2D eigenvalue weighted by Gasteiger charge is -2.10. The number of rotatable bonds is 5. The molecule has 0 saturated heterocycles.